The number of halogens is 1. The third kappa shape index (κ3) is 4.49. The number of phenolic OH excluding ortho intramolecular Hbond substituents is 1. The summed E-state index contributed by atoms with van der Waals surface area (Å²) in [6, 6.07) is 19.8. The molecule has 4 rings (SSSR count). The van der Waals surface area contributed by atoms with Gasteiger partial charge in [0.1, 0.15) is 11.5 Å². The SMILES string of the molecule is COc1cc(/C=N/NC(=O)c2cn(-c3ccccc3)nc2-c2ccc(F)cc2)ccc1O. The van der Waals surface area contributed by atoms with Crippen molar-refractivity contribution in [3.8, 4) is 28.4 Å². The molecule has 32 heavy (non-hydrogen) atoms. The van der Waals surface area contributed by atoms with Crippen LogP contribution >= 0.6 is 0 Å². The van der Waals surface area contributed by atoms with Crippen LogP contribution in [0.4, 0.5) is 4.39 Å². The summed E-state index contributed by atoms with van der Waals surface area (Å²) in [5.41, 5.74) is 5.15. The van der Waals surface area contributed by atoms with E-state index in [0.717, 1.165) is 5.69 Å². The molecule has 0 spiro atoms. The zero-order chi connectivity index (χ0) is 22.5. The highest BCUT2D eigenvalue weighted by Crippen LogP contribution is 2.26. The molecule has 0 bridgehead atoms. The van der Waals surface area contributed by atoms with Crippen molar-refractivity contribution < 1.29 is 19.0 Å². The van der Waals surface area contributed by atoms with Crippen molar-refractivity contribution in [1.29, 1.82) is 0 Å². The average Bonchev–Trinajstić information content (AvgIpc) is 3.27. The summed E-state index contributed by atoms with van der Waals surface area (Å²) in [5.74, 6) is -0.557. The lowest BCUT2D eigenvalue weighted by Crippen LogP contribution is -2.18. The molecule has 3 aromatic carbocycles. The van der Waals surface area contributed by atoms with Gasteiger partial charge in [-0.15, -0.1) is 0 Å². The number of nitrogens with zero attached hydrogens (tertiary/aromatic N) is 3. The molecule has 1 heterocycles. The molecule has 1 aromatic heterocycles. The Kier molecular flexibility index (Phi) is 5.94. The maximum atomic E-state index is 13.4. The van der Waals surface area contributed by atoms with Crippen molar-refractivity contribution in [2.45, 2.75) is 0 Å². The van der Waals surface area contributed by atoms with Gasteiger partial charge in [-0.05, 0) is 60.2 Å². The van der Waals surface area contributed by atoms with Crippen molar-refractivity contribution in [2.75, 3.05) is 7.11 Å². The fraction of sp³-hybridized carbons (Fsp3) is 0.0417. The minimum Gasteiger partial charge on any atom is -0.504 e. The van der Waals surface area contributed by atoms with Crippen LogP contribution < -0.4 is 10.2 Å². The second kappa shape index (κ2) is 9.13. The van der Waals surface area contributed by atoms with Gasteiger partial charge >= 0.3 is 0 Å². The number of carbonyl (C=O) groups excluding carboxylic acids is 1. The smallest absolute Gasteiger partial charge is 0.275 e. The molecule has 2 N–H and O–H groups in total. The number of hydrogen-bond acceptors (Lipinski definition) is 5. The topological polar surface area (TPSA) is 88.7 Å². The molecule has 0 unspecified atom stereocenters. The fourth-order valence-electron chi connectivity index (χ4n) is 3.07. The minimum atomic E-state index is -0.478. The van der Waals surface area contributed by atoms with E-state index in [9.17, 15) is 14.3 Å². The van der Waals surface area contributed by atoms with Crippen LogP contribution in [0.5, 0.6) is 11.5 Å². The molecule has 7 nitrogen and oxygen atoms in total. The molecule has 8 heteroatoms. The van der Waals surface area contributed by atoms with Gasteiger partial charge in [-0.25, -0.2) is 14.5 Å². The van der Waals surface area contributed by atoms with E-state index in [4.69, 9.17) is 4.74 Å². The number of hydrogen-bond donors (Lipinski definition) is 2. The van der Waals surface area contributed by atoms with E-state index in [0.29, 0.717) is 22.6 Å². The lowest BCUT2D eigenvalue weighted by molar-refractivity contribution is 0.0955. The molecule has 160 valence electrons. The van der Waals surface area contributed by atoms with Crippen LogP contribution in [0.25, 0.3) is 16.9 Å². The third-order valence-electron chi connectivity index (χ3n) is 4.68. The maximum absolute atomic E-state index is 13.4. The molecule has 0 aliphatic rings. The summed E-state index contributed by atoms with van der Waals surface area (Å²) in [7, 11) is 1.44. The number of methoxy groups -OCH3 is 1. The first-order chi connectivity index (χ1) is 15.5. The van der Waals surface area contributed by atoms with Crippen LogP contribution in [0.15, 0.2) is 84.1 Å². The van der Waals surface area contributed by atoms with Gasteiger partial charge in [-0.1, -0.05) is 18.2 Å². The third-order valence-corrected chi connectivity index (χ3v) is 4.68. The van der Waals surface area contributed by atoms with E-state index in [1.54, 1.807) is 35.1 Å². The molecule has 0 radical (unpaired) electrons. The molecule has 0 fully saturated rings. The summed E-state index contributed by atoms with van der Waals surface area (Å²) >= 11 is 0. The number of rotatable bonds is 6. The summed E-state index contributed by atoms with van der Waals surface area (Å²) in [4.78, 5) is 12.9. The van der Waals surface area contributed by atoms with Crippen molar-refractivity contribution in [1.82, 2.24) is 15.2 Å². The predicted molar refractivity (Wildman–Crippen MR) is 119 cm³/mol. The van der Waals surface area contributed by atoms with Crippen molar-refractivity contribution in [2.24, 2.45) is 5.10 Å². The van der Waals surface area contributed by atoms with E-state index in [2.05, 4.69) is 15.6 Å². The standard InChI is InChI=1S/C24H19FN4O3/c1-32-22-13-16(7-12-21(22)30)14-26-27-24(31)20-15-29(19-5-3-2-4-6-19)28-23(20)17-8-10-18(25)11-9-17/h2-15,30H,1H3,(H,27,31)/b26-14+. The van der Waals surface area contributed by atoms with E-state index < -0.39 is 5.91 Å². The van der Waals surface area contributed by atoms with Crippen LogP contribution in [-0.2, 0) is 0 Å². The summed E-state index contributed by atoms with van der Waals surface area (Å²) < 4.78 is 20.0. The Morgan fingerprint density at radius 3 is 2.59 bits per heavy atom. The zero-order valence-corrected chi connectivity index (χ0v) is 17.1. The van der Waals surface area contributed by atoms with E-state index in [1.807, 2.05) is 30.3 Å². The molecule has 1 amide bonds. The highest BCUT2D eigenvalue weighted by Gasteiger charge is 2.18. The number of nitrogens with one attached hydrogen (secondary N) is 1. The van der Waals surface area contributed by atoms with Crippen LogP contribution in [0.2, 0.25) is 0 Å². The summed E-state index contributed by atoms with van der Waals surface area (Å²) in [6.45, 7) is 0. The van der Waals surface area contributed by atoms with Crippen LogP contribution in [0.1, 0.15) is 15.9 Å². The van der Waals surface area contributed by atoms with Crippen LogP contribution in [0, 0.1) is 5.82 Å². The Hall–Kier alpha value is -4.46. The summed E-state index contributed by atoms with van der Waals surface area (Å²) in [5, 5.41) is 18.2. The minimum absolute atomic E-state index is 0.00551. The lowest BCUT2D eigenvalue weighted by Gasteiger charge is -2.04. The van der Waals surface area contributed by atoms with Crippen LogP contribution in [0.3, 0.4) is 0 Å². The molecule has 0 saturated carbocycles. The largest absolute Gasteiger partial charge is 0.504 e. The molecular formula is C24H19FN4O3. The highest BCUT2D eigenvalue weighted by molar-refractivity contribution is 6.00. The lowest BCUT2D eigenvalue weighted by atomic mass is 10.1. The van der Waals surface area contributed by atoms with Gasteiger partial charge in [0.15, 0.2) is 11.5 Å². The Morgan fingerprint density at radius 2 is 1.88 bits per heavy atom. The predicted octanol–water partition coefficient (Wildman–Crippen LogP) is 4.16. The van der Waals surface area contributed by atoms with Gasteiger partial charge in [-0.2, -0.15) is 10.2 Å². The van der Waals surface area contributed by atoms with Crippen molar-refractivity contribution in [3.63, 3.8) is 0 Å². The number of hydrazone groups is 1. The number of ether oxygens (including phenoxy) is 1. The van der Waals surface area contributed by atoms with E-state index >= 15 is 0 Å². The number of benzene rings is 3. The van der Waals surface area contributed by atoms with Crippen LogP contribution in [-0.4, -0.2) is 34.1 Å². The Bertz CT molecular complexity index is 1270. The molecule has 0 aliphatic heterocycles. The first-order valence-corrected chi connectivity index (χ1v) is 9.66. The number of para-hydroxylation sites is 1. The Balaban J connectivity index is 1.63. The van der Waals surface area contributed by atoms with Crippen molar-refractivity contribution in [3.05, 3.63) is 95.9 Å². The van der Waals surface area contributed by atoms with E-state index in [-0.39, 0.29) is 17.1 Å². The number of aromatic nitrogens is 2. The average molecular weight is 430 g/mol. The number of carbonyl (C=O) groups is 1. The normalized spacial score (nSPS) is 10.9. The van der Waals surface area contributed by atoms with Gasteiger partial charge in [0.05, 0.1) is 24.6 Å². The zero-order valence-electron chi connectivity index (χ0n) is 17.1. The number of phenols is 1. The molecule has 4 aromatic rings. The highest BCUT2D eigenvalue weighted by atomic mass is 19.1. The first-order valence-electron chi connectivity index (χ1n) is 9.66. The maximum Gasteiger partial charge on any atom is 0.275 e. The fourth-order valence-corrected chi connectivity index (χ4v) is 3.07. The first kappa shape index (κ1) is 20.8. The number of aromatic hydroxyl groups is 1. The Morgan fingerprint density at radius 1 is 1.12 bits per heavy atom. The Labute approximate surface area is 183 Å². The second-order valence-electron chi connectivity index (χ2n) is 6.81. The monoisotopic (exact) mass is 430 g/mol. The van der Waals surface area contributed by atoms with E-state index in [1.165, 1.54) is 31.5 Å². The molecular weight excluding hydrogens is 411 g/mol. The molecule has 0 aliphatic carbocycles. The van der Waals surface area contributed by atoms with Crippen molar-refractivity contribution >= 4 is 12.1 Å². The van der Waals surface area contributed by atoms with Gasteiger partial charge in [0.25, 0.3) is 5.91 Å². The quantitative estimate of drug-likeness (QED) is 0.355. The second-order valence-corrected chi connectivity index (χ2v) is 6.81. The van der Waals surface area contributed by atoms with Gasteiger partial charge in [0, 0.05) is 11.8 Å². The molecule has 0 atom stereocenters. The molecule has 0 saturated heterocycles. The van der Waals surface area contributed by atoms with Gasteiger partial charge < -0.3 is 9.84 Å². The summed E-state index contributed by atoms with van der Waals surface area (Å²) in [6.07, 6.45) is 3.03. The van der Waals surface area contributed by atoms with Gasteiger partial charge in [0.2, 0.25) is 0 Å². The number of amides is 1. The van der Waals surface area contributed by atoms with Gasteiger partial charge in [-0.3, -0.25) is 4.79 Å².